The lowest BCUT2D eigenvalue weighted by atomic mass is 10.1. The van der Waals surface area contributed by atoms with Crippen LogP contribution >= 0.6 is 0 Å². The largest absolute Gasteiger partial charge is 0.369 e. The molecule has 1 rings (SSSR count). The van der Waals surface area contributed by atoms with Crippen LogP contribution in [-0.4, -0.2) is 13.4 Å². The molecule has 70 valence electrons. The predicted octanol–water partition coefficient (Wildman–Crippen LogP) is 2.02. The summed E-state index contributed by atoms with van der Waals surface area (Å²) in [7, 11) is 1.44. The molecule has 0 spiro atoms. The molecule has 0 radical (unpaired) electrons. The van der Waals surface area contributed by atoms with Gasteiger partial charge in [-0.05, 0) is 24.1 Å². The molecule has 0 aliphatic heterocycles. The SMILES string of the molecule is COC(C=O)c1ccc(F)c(C)c1. The van der Waals surface area contributed by atoms with E-state index in [2.05, 4.69) is 0 Å². The Kier molecular flexibility index (Phi) is 3.14. The predicted molar refractivity (Wildman–Crippen MR) is 47.0 cm³/mol. The molecule has 1 aromatic rings. The first-order chi connectivity index (χ1) is 6.19. The van der Waals surface area contributed by atoms with Crippen molar-refractivity contribution in [3.63, 3.8) is 0 Å². The van der Waals surface area contributed by atoms with Crippen LogP contribution in [0.2, 0.25) is 0 Å². The molecule has 1 atom stereocenters. The fourth-order valence-electron chi connectivity index (χ4n) is 1.12. The first-order valence-electron chi connectivity index (χ1n) is 3.93. The molecular formula is C10H11FO2. The quantitative estimate of drug-likeness (QED) is 0.668. The van der Waals surface area contributed by atoms with Gasteiger partial charge in [-0.15, -0.1) is 0 Å². The minimum Gasteiger partial charge on any atom is -0.369 e. The average molecular weight is 182 g/mol. The summed E-state index contributed by atoms with van der Waals surface area (Å²) in [5.74, 6) is -0.274. The second-order valence-electron chi connectivity index (χ2n) is 2.80. The van der Waals surface area contributed by atoms with Crippen molar-refractivity contribution in [2.24, 2.45) is 0 Å². The third-order valence-corrected chi connectivity index (χ3v) is 1.89. The number of hydrogen-bond donors (Lipinski definition) is 0. The highest BCUT2D eigenvalue weighted by Gasteiger charge is 2.09. The van der Waals surface area contributed by atoms with Gasteiger partial charge in [0.15, 0.2) is 6.29 Å². The maximum absolute atomic E-state index is 12.8. The average Bonchev–Trinajstić information content (AvgIpc) is 2.13. The van der Waals surface area contributed by atoms with E-state index < -0.39 is 6.10 Å². The van der Waals surface area contributed by atoms with E-state index in [0.29, 0.717) is 17.4 Å². The number of halogens is 1. The number of hydrogen-bond acceptors (Lipinski definition) is 2. The van der Waals surface area contributed by atoms with Crippen molar-refractivity contribution < 1.29 is 13.9 Å². The number of methoxy groups -OCH3 is 1. The van der Waals surface area contributed by atoms with Gasteiger partial charge in [0.25, 0.3) is 0 Å². The highest BCUT2D eigenvalue weighted by Crippen LogP contribution is 2.17. The minimum atomic E-state index is -0.598. The molecular weight excluding hydrogens is 171 g/mol. The second kappa shape index (κ2) is 4.14. The van der Waals surface area contributed by atoms with Crippen LogP contribution in [0.3, 0.4) is 0 Å². The molecule has 13 heavy (non-hydrogen) atoms. The fraction of sp³-hybridized carbons (Fsp3) is 0.300. The molecule has 2 nitrogen and oxygen atoms in total. The Hall–Kier alpha value is -1.22. The molecule has 0 heterocycles. The lowest BCUT2D eigenvalue weighted by Gasteiger charge is -2.09. The van der Waals surface area contributed by atoms with Crippen LogP contribution in [-0.2, 0) is 9.53 Å². The molecule has 0 aromatic heterocycles. The van der Waals surface area contributed by atoms with Gasteiger partial charge in [0.1, 0.15) is 11.9 Å². The standard InChI is InChI=1S/C10H11FO2/c1-7-5-8(3-4-9(7)11)10(6-12)13-2/h3-6,10H,1-2H3. The van der Waals surface area contributed by atoms with Crippen LogP contribution in [0.4, 0.5) is 4.39 Å². The van der Waals surface area contributed by atoms with Crippen molar-refractivity contribution in [2.45, 2.75) is 13.0 Å². The first-order valence-corrected chi connectivity index (χ1v) is 3.93. The number of rotatable bonds is 3. The molecule has 0 bridgehead atoms. The summed E-state index contributed by atoms with van der Waals surface area (Å²) in [6.45, 7) is 1.65. The molecule has 0 aliphatic carbocycles. The topological polar surface area (TPSA) is 26.3 Å². The molecule has 1 aromatic carbocycles. The van der Waals surface area contributed by atoms with Crippen LogP contribution in [0, 0.1) is 12.7 Å². The Morgan fingerprint density at radius 2 is 2.23 bits per heavy atom. The van der Waals surface area contributed by atoms with E-state index in [4.69, 9.17) is 4.74 Å². The van der Waals surface area contributed by atoms with E-state index in [-0.39, 0.29) is 5.82 Å². The van der Waals surface area contributed by atoms with E-state index in [9.17, 15) is 9.18 Å². The third kappa shape index (κ3) is 2.12. The Morgan fingerprint density at radius 3 is 2.69 bits per heavy atom. The molecule has 1 unspecified atom stereocenters. The van der Waals surface area contributed by atoms with Crippen molar-refractivity contribution in [2.75, 3.05) is 7.11 Å². The molecule has 0 saturated carbocycles. The van der Waals surface area contributed by atoms with Gasteiger partial charge in [0.2, 0.25) is 0 Å². The number of carbonyl (C=O) groups excluding carboxylic acids is 1. The zero-order chi connectivity index (χ0) is 9.84. The van der Waals surface area contributed by atoms with Crippen molar-refractivity contribution in [3.05, 3.63) is 35.1 Å². The van der Waals surface area contributed by atoms with Crippen LogP contribution in [0.15, 0.2) is 18.2 Å². The van der Waals surface area contributed by atoms with E-state index in [0.717, 1.165) is 0 Å². The minimum absolute atomic E-state index is 0.274. The summed E-state index contributed by atoms with van der Waals surface area (Å²) in [4.78, 5) is 10.5. The van der Waals surface area contributed by atoms with Crippen LogP contribution < -0.4 is 0 Å². The number of aldehydes is 1. The summed E-state index contributed by atoms with van der Waals surface area (Å²) in [5, 5.41) is 0. The maximum Gasteiger partial charge on any atom is 0.153 e. The monoisotopic (exact) mass is 182 g/mol. The van der Waals surface area contributed by atoms with Crippen molar-refractivity contribution in [1.82, 2.24) is 0 Å². The van der Waals surface area contributed by atoms with Crippen LogP contribution in [0.5, 0.6) is 0 Å². The molecule has 0 fully saturated rings. The zero-order valence-corrected chi connectivity index (χ0v) is 7.58. The number of carbonyl (C=O) groups is 1. The summed E-state index contributed by atoms with van der Waals surface area (Å²) in [6.07, 6.45) is 0.0893. The highest BCUT2D eigenvalue weighted by atomic mass is 19.1. The van der Waals surface area contributed by atoms with Gasteiger partial charge in [0.05, 0.1) is 0 Å². The zero-order valence-electron chi connectivity index (χ0n) is 7.58. The van der Waals surface area contributed by atoms with Gasteiger partial charge in [-0.1, -0.05) is 12.1 Å². The summed E-state index contributed by atoms with van der Waals surface area (Å²) in [5.41, 5.74) is 1.19. The number of aryl methyl sites for hydroxylation is 1. The lowest BCUT2D eigenvalue weighted by molar-refractivity contribution is -0.116. The van der Waals surface area contributed by atoms with E-state index >= 15 is 0 Å². The van der Waals surface area contributed by atoms with E-state index in [1.54, 1.807) is 19.1 Å². The van der Waals surface area contributed by atoms with Crippen LogP contribution in [0.1, 0.15) is 17.2 Å². The summed E-state index contributed by atoms with van der Waals surface area (Å²) >= 11 is 0. The summed E-state index contributed by atoms with van der Waals surface area (Å²) in [6, 6.07) is 4.49. The fourth-order valence-corrected chi connectivity index (χ4v) is 1.12. The Morgan fingerprint density at radius 1 is 1.54 bits per heavy atom. The van der Waals surface area contributed by atoms with Gasteiger partial charge < -0.3 is 9.53 Å². The molecule has 0 N–H and O–H groups in total. The summed E-state index contributed by atoms with van der Waals surface area (Å²) < 4.78 is 17.7. The first kappa shape index (κ1) is 9.86. The normalized spacial score (nSPS) is 12.5. The smallest absolute Gasteiger partial charge is 0.153 e. The number of benzene rings is 1. The van der Waals surface area contributed by atoms with Gasteiger partial charge in [-0.2, -0.15) is 0 Å². The molecule has 0 saturated heterocycles. The molecule has 0 aliphatic rings. The Balaban J connectivity index is 3.01. The number of ether oxygens (including phenoxy) is 1. The van der Waals surface area contributed by atoms with Gasteiger partial charge in [-0.3, -0.25) is 0 Å². The van der Waals surface area contributed by atoms with Crippen molar-refractivity contribution in [3.8, 4) is 0 Å². The Labute approximate surface area is 76.3 Å². The molecule has 0 amide bonds. The van der Waals surface area contributed by atoms with Crippen LogP contribution in [0.25, 0.3) is 0 Å². The lowest BCUT2D eigenvalue weighted by Crippen LogP contribution is -2.03. The second-order valence-corrected chi connectivity index (χ2v) is 2.80. The molecule has 3 heteroatoms. The van der Waals surface area contributed by atoms with E-state index in [1.807, 2.05) is 0 Å². The van der Waals surface area contributed by atoms with Crippen molar-refractivity contribution in [1.29, 1.82) is 0 Å². The van der Waals surface area contributed by atoms with E-state index in [1.165, 1.54) is 13.2 Å². The maximum atomic E-state index is 12.8. The Bertz CT molecular complexity index is 310. The van der Waals surface area contributed by atoms with Crippen molar-refractivity contribution >= 4 is 6.29 Å². The van der Waals surface area contributed by atoms with Gasteiger partial charge in [0, 0.05) is 7.11 Å². The third-order valence-electron chi connectivity index (χ3n) is 1.89. The van der Waals surface area contributed by atoms with Gasteiger partial charge >= 0.3 is 0 Å². The highest BCUT2D eigenvalue weighted by molar-refractivity contribution is 5.60. The van der Waals surface area contributed by atoms with Gasteiger partial charge in [-0.25, -0.2) is 4.39 Å².